The van der Waals surface area contributed by atoms with E-state index in [-0.39, 0.29) is 18.0 Å². The summed E-state index contributed by atoms with van der Waals surface area (Å²) in [5, 5.41) is 5.63. The summed E-state index contributed by atoms with van der Waals surface area (Å²) >= 11 is 0. The van der Waals surface area contributed by atoms with Gasteiger partial charge in [0.15, 0.2) is 0 Å². The molecular formula is C16H23N5O2. The Hall–Kier alpha value is -2.31. The summed E-state index contributed by atoms with van der Waals surface area (Å²) in [5.41, 5.74) is 0.572. The molecule has 2 aliphatic rings. The largest absolute Gasteiger partial charge is 0.355 e. The van der Waals surface area contributed by atoms with Crippen molar-refractivity contribution in [1.29, 1.82) is 0 Å². The SMILES string of the molecule is CCNC(=O)c1ccc(N2CCCC(N3CCNC3=O)C2)nc1. The van der Waals surface area contributed by atoms with Crippen molar-refractivity contribution in [3.05, 3.63) is 23.9 Å². The fraction of sp³-hybridized carbons (Fsp3) is 0.562. The van der Waals surface area contributed by atoms with Gasteiger partial charge in [-0.2, -0.15) is 0 Å². The Morgan fingerprint density at radius 3 is 2.96 bits per heavy atom. The van der Waals surface area contributed by atoms with E-state index in [4.69, 9.17) is 0 Å². The van der Waals surface area contributed by atoms with Gasteiger partial charge in [-0.3, -0.25) is 4.79 Å². The maximum absolute atomic E-state index is 11.8. The van der Waals surface area contributed by atoms with Gasteiger partial charge in [0, 0.05) is 38.9 Å². The zero-order valence-electron chi connectivity index (χ0n) is 13.4. The van der Waals surface area contributed by atoms with Crippen molar-refractivity contribution in [2.24, 2.45) is 0 Å². The van der Waals surface area contributed by atoms with Crippen LogP contribution < -0.4 is 15.5 Å². The second kappa shape index (κ2) is 6.85. The predicted octanol–water partition coefficient (Wildman–Crippen LogP) is 0.825. The molecule has 0 saturated carbocycles. The molecule has 1 atom stereocenters. The van der Waals surface area contributed by atoms with E-state index >= 15 is 0 Å². The number of pyridine rings is 1. The Morgan fingerprint density at radius 2 is 2.30 bits per heavy atom. The van der Waals surface area contributed by atoms with Crippen LogP contribution in [0.2, 0.25) is 0 Å². The minimum absolute atomic E-state index is 0.0383. The lowest BCUT2D eigenvalue weighted by Crippen LogP contribution is -2.49. The van der Waals surface area contributed by atoms with Gasteiger partial charge in [-0.25, -0.2) is 9.78 Å². The molecule has 2 saturated heterocycles. The van der Waals surface area contributed by atoms with Gasteiger partial charge in [0.1, 0.15) is 5.82 Å². The number of piperidine rings is 1. The first-order chi connectivity index (χ1) is 11.2. The lowest BCUT2D eigenvalue weighted by molar-refractivity contribution is 0.0955. The topological polar surface area (TPSA) is 77.6 Å². The molecule has 0 aromatic carbocycles. The monoisotopic (exact) mass is 317 g/mol. The van der Waals surface area contributed by atoms with Crippen LogP contribution in [0.25, 0.3) is 0 Å². The van der Waals surface area contributed by atoms with E-state index in [9.17, 15) is 9.59 Å². The minimum atomic E-state index is -0.100. The number of urea groups is 1. The lowest BCUT2D eigenvalue weighted by Gasteiger charge is -2.37. The van der Waals surface area contributed by atoms with Gasteiger partial charge in [0.2, 0.25) is 0 Å². The summed E-state index contributed by atoms with van der Waals surface area (Å²) in [4.78, 5) is 32.2. The van der Waals surface area contributed by atoms with Crippen LogP contribution in [-0.4, -0.2) is 60.6 Å². The molecule has 7 heteroatoms. The van der Waals surface area contributed by atoms with E-state index in [1.54, 1.807) is 12.3 Å². The van der Waals surface area contributed by atoms with Crippen LogP contribution in [0, 0.1) is 0 Å². The molecule has 0 aliphatic carbocycles. The van der Waals surface area contributed by atoms with E-state index in [0.29, 0.717) is 12.1 Å². The summed E-state index contributed by atoms with van der Waals surface area (Å²) in [6, 6.07) is 3.96. The molecule has 3 rings (SSSR count). The quantitative estimate of drug-likeness (QED) is 0.862. The summed E-state index contributed by atoms with van der Waals surface area (Å²) < 4.78 is 0. The number of carbonyl (C=O) groups excluding carboxylic acids is 2. The van der Waals surface area contributed by atoms with Crippen LogP contribution >= 0.6 is 0 Å². The molecular weight excluding hydrogens is 294 g/mol. The van der Waals surface area contributed by atoms with Crippen molar-refractivity contribution in [3.63, 3.8) is 0 Å². The molecule has 3 amide bonds. The van der Waals surface area contributed by atoms with E-state index in [1.165, 1.54) is 0 Å². The Bertz CT molecular complexity index is 574. The Balaban J connectivity index is 1.66. The number of hydrogen-bond donors (Lipinski definition) is 2. The van der Waals surface area contributed by atoms with E-state index in [1.807, 2.05) is 17.9 Å². The molecule has 3 heterocycles. The third-order valence-electron chi connectivity index (χ3n) is 4.40. The molecule has 0 spiro atoms. The molecule has 1 aromatic rings. The summed E-state index contributed by atoms with van der Waals surface area (Å²) in [7, 11) is 0. The first-order valence-corrected chi connectivity index (χ1v) is 8.22. The molecule has 1 unspecified atom stereocenters. The minimum Gasteiger partial charge on any atom is -0.355 e. The summed E-state index contributed by atoms with van der Waals surface area (Å²) in [5.74, 6) is 0.763. The molecule has 124 valence electrons. The van der Waals surface area contributed by atoms with Gasteiger partial charge in [0.05, 0.1) is 11.6 Å². The molecule has 23 heavy (non-hydrogen) atoms. The number of anilines is 1. The number of aromatic nitrogens is 1. The van der Waals surface area contributed by atoms with Crippen molar-refractivity contribution in [2.75, 3.05) is 37.6 Å². The van der Waals surface area contributed by atoms with Crippen molar-refractivity contribution in [2.45, 2.75) is 25.8 Å². The van der Waals surface area contributed by atoms with Crippen molar-refractivity contribution < 1.29 is 9.59 Å². The maximum atomic E-state index is 11.8. The fourth-order valence-electron chi connectivity index (χ4n) is 3.22. The highest BCUT2D eigenvalue weighted by molar-refractivity contribution is 5.94. The number of nitrogens with zero attached hydrogens (tertiary/aromatic N) is 3. The fourth-order valence-corrected chi connectivity index (χ4v) is 3.22. The number of hydrogen-bond acceptors (Lipinski definition) is 4. The lowest BCUT2D eigenvalue weighted by atomic mass is 10.0. The van der Waals surface area contributed by atoms with Crippen molar-refractivity contribution in [1.82, 2.24) is 20.5 Å². The molecule has 0 radical (unpaired) electrons. The zero-order valence-corrected chi connectivity index (χ0v) is 13.4. The number of nitrogens with one attached hydrogen (secondary N) is 2. The van der Waals surface area contributed by atoms with Crippen LogP contribution in [0.15, 0.2) is 18.3 Å². The van der Waals surface area contributed by atoms with Gasteiger partial charge in [0.25, 0.3) is 5.91 Å². The molecule has 7 nitrogen and oxygen atoms in total. The van der Waals surface area contributed by atoms with E-state index in [0.717, 1.165) is 44.8 Å². The highest BCUT2D eigenvalue weighted by atomic mass is 16.2. The van der Waals surface area contributed by atoms with Crippen molar-refractivity contribution in [3.8, 4) is 0 Å². The highest BCUT2D eigenvalue weighted by Gasteiger charge is 2.31. The van der Waals surface area contributed by atoms with Crippen molar-refractivity contribution >= 4 is 17.8 Å². The predicted molar refractivity (Wildman–Crippen MR) is 87.6 cm³/mol. The third-order valence-corrected chi connectivity index (χ3v) is 4.40. The van der Waals surface area contributed by atoms with Gasteiger partial charge in [-0.1, -0.05) is 0 Å². The molecule has 2 aliphatic heterocycles. The van der Waals surface area contributed by atoms with Crippen LogP contribution in [0.4, 0.5) is 10.6 Å². The van der Waals surface area contributed by atoms with Gasteiger partial charge < -0.3 is 20.4 Å². The molecule has 2 N–H and O–H groups in total. The second-order valence-electron chi connectivity index (χ2n) is 5.93. The van der Waals surface area contributed by atoms with E-state index < -0.39 is 0 Å². The second-order valence-corrected chi connectivity index (χ2v) is 5.93. The molecule has 2 fully saturated rings. The standard InChI is InChI=1S/C16H23N5O2/c1-2-17-15(22)12-5-6-14(19-10-12)20-8-3-4-13(11-20)21-9-7-18-16(21)23/h5-6,10,13H,2-4,7-9,11H2,1H3,(H,17,22)(H,18,23). The first-order valence-electron chi connectivity index (χ1n) is 8.22. The Kier molecular flexibility index (Phi) is 4.64. The average Bonchev–Trinajstić information content (AvgIpc) is 3.01. The third kappa shape index (κ3) is 3.38. The Labute approximate surface area is 136 Å². The first kappa shape index (κ1) is 15.6. The normalized spacial score (nSPS) is 21.3. The molecule has 0 bridgehead atoms. The zero-order chi connectivity index (χ0) is 16.2. The van der Waals surface area contributed by atoms with Crippen LogP contribution in [0.5, 0.6) is 0 Å². The van der Waals surface area contributed by atoms with Gasteiger partial charge in [-0.15, -0.1) is 0 Å². The maximum Gasteiger partial charge on any atom is 0.317 e. The van der Waals surface area contributed by atoms with Crippen LogP contribution in [-0.2, 0) is 0 Å². The number of carbonyl (C=O) groups is 2. The van der Waals surface area contributed by atoms with E-state index in [2.05, 4.69) is 20.5 Å². The van der Waals surface area contributed by atoms with Crippen LogP contribution in [0.3, 0.4) is 0 Å². The molecule has 1 aromatic heterocycles. The average molecular weight is 317 g/mol. The summed E-state index contributed by atoms with van der Waals surface area (Å²) in [6.07, 6.45) is 3.68. The number of amides is 3. The Morgan fingerprint density at radius 1 is 1.43 bits per heavy atom. The highest BCUT2D eigenvalue weighted by Crippen LogP contribution is 2.22. The summed E-state index contributed by atoms with van der Waals surface area (Å²) in [6.45, 7) is 5.73. The van der Waals surface area contributed by atoms with Gasteiger partial charge >= 0.3 is 6.03 Å². The van der Waals surface area contributed by atoms with Crippen LogP contribution in [0.1, 0.15) is 30.1 Å². The number of rotatable bonds is 4. The smallest absolute Gasteiger partial charge is 0.317 e. The van der Waals surface area contributed by atoms with Gasteiger partial charge in [-0.05, 0) is 31.9 Å².